The lowest BCUT2D eigenvalue weighted by molar-refractivity contribution is -0.152. The first-order valence-corrected chi connectivity index (χ1v) is 23.3. The van der Waals surface area contributed by atoms with E-state index in [1.165, 1.54) is 18.3 Å². The van der Waals surface area contributed by atoms with Crippen molar-refractivity contribution in [2.45, 2.75) is 168 Å². The maximum absolute atomic E-state index is 14.6. The molecule has 3 amide bonds. The molecule has 332 valence electrons. The molecule has 2 heterocycles. The lowest BCUT2D eigenvalue weighted by atomic mass is 9.79. The van der Waals surface area contributed by atoms with E-state index in [-0.39, 0.29) is 66.0 Å². The van der Waals surface area contributed by atoms with Gasteiger partial charge < -0.3 is 30.7 Å². The number of benzene rings is 1. The number of likely N-dealkylation sites (tertiary alicyclic amines) is 1. The minimum Gasteiger partial charge on any atom is -0.462 e. The summed E-state index contributed by atoms with van der Waals surface area (Å²) in [7, 11) is 1.96. The number of nitrogens with zero attached hydrogens (tertiary/aromatic N) is 3. The average molecular weight is 851 g/mol. The molecule has 14 heteroatoms. The van der Waals surface area contributed by atoms with Gasteiger partial charge in [0.2, 0.25) is 11.8 Å². The quantitative estimate of drug-likeness (QED) is 0.0912. The number of amides is 3. The molecule has 0 bridgehead atoms. The van der Waals surface area contributed by atoms with Crippen molar-refractivity contribution in [2.24, 2.45) is 17.8 Å². The number of hydrogen-bond acceptors (Lipinski definition) is 11. The Bertz CT molecular complexity index is 1790. The lowest BCUT2D eigenvalue weighted by Gasteiger charge is -2.40. The summed E-state index contributed by atoms with van der Waals surface area (Å²) in [5, 5.41) is 8.38. The molecule has 1 saturated heterocycles. The lowest BCUT2D eigenvalue weighted by Crippen LogP contribution is -2.59. The van der Waals surface area contributed by atoms with Gasteiger partial charge in [0.25, 0.3) is 5.91 Å². The van der Waals surface area contributed by atoms with Crippen LogP contribution >= 0.6 is 11.3 Å². The summed E-state index contributed by atoms with van der Waals surface area (Å²) in [6.07, 6.45) is 8.81. The zero-order valence-corrected chi connectivity index (χ0v) is 38.0. The van der Waals surface area contributed by atoms with Crippen LogP contribution in [0.2, 0.25) is 0 Å². The molecule has 2 fully saturated rings. The minimum atomic E-state index is -0.826. The van der Waals surface area contributed by atoms with Crippen LogP contribution in [0, 0.1) is 17.8 Å². The normalized spacial score (nSPS) is 23.3. The van der Waals surface area contributed by atoms with Crippen LogP contribution in [0.5, 0.6) is 0 Å². The molecule has 1 unspecified atom stereocenters. The Balaban J connectivity index is 1.31. The molecular weight excluding hydrogens is 781 g/mol. The number of carbonyl (C=O) groups excluding carboxylic acids is 5. The van der Waals surface area contributed by atoms with Crippen molar-refractivity contribution in [3.8, 4) is 0 Å². The van der Waals surface area contributed by atoms with Crippen molar-refractivity contribution in [3.63, 3.8) is 0 Å². The predicted octanol–water partition coefficient (Wildman–Crippen LogP) is 6.95. The molecule has 60 heavy (non-hydrogen) atoms. The van der Waals surface area contributed by atoms with E-state index in [0.29, 0.717) is 42.4 Å². The second-order valence-corrected chi connectivity index (χ2v) is 18.9. The summed E-state index contributed by atoms with van der Waals surface area (Å²) >= 11 is 1.23. The first-order chi connectivity index (χ1) is 28.6. The third kappa shape index (κ3) is 12.1. The summed E-state index contributed by atoms with van der Waals surface area (Å²) < 4.78 is 12.0. The molecule has 2 aromatic rings. The van der Waals surface area contributed by atoms with Gasteiger partial charge in [0.15, 0.2) is 6.10 Å². The van der Waals surface area contributed by atoms with Crippen LogP contribution in [-0.2, 0) is 35.1 Å². The van der Waals surface area contributed by atoms with E-state index >= 15 is 0 Å². The highest BCUT2D eigenvalue weighted by molar-refractivity contribution is 7.09. The molecule has 1 aromatic carbocycles. The smallest absolute Gasteiger partial charge is 0.313 e. The van der Waals surface area contributed by atoms with Crippen LogP contribution in [0.25, 0.3) is 0 Å². The molecule has 5 rings (SSSR count). The molecule has 1 aliphatic heterocycles. The highest BCUT2D eigenvalue weighted by Crippen LogP contribution is 2.36. The first kappa shape index (κ1) is 47.0. The monoisotopic (exact) mass is 851 g/mol. The van der Waals surface area contributed by atoms with E-state index in [9.17, 15) is 24.0 Å². The number of nitrogens with two attached hydrogens (primary N) is 1. The molecule has 1 aromatic heterocycles. The average Bonchev–Trinajstić information content (AvgIpc) is 3.57. The Labute approximate surface area is 361 Å². The molecular formula is C46H70N6O7S. The summed E-state index contributed by atoms with van der Waals surface area (Å²) in [5.74, 6) is -1.77. The Morgan fingerprint density at radius 3 is 2.40 bits per heavy atom. The number of carbonyl (C=O) groups is 5. The van der Waals surface area contributed by atoms with E-state index in [1.807, 2.05) is 59.9 Å². The number of likely N-dealkylation sites (N-methyl/N-ethyl adjacent to an activating group) is 2. The van der Waals surface area contributed by atoms with Crippen molar-refractivity contribution in [3.05, 3.63) is 45.4 Å². The zero-order chi connectivity index (χ0) is 43.7. The van der Waals surface area contributed by atoms with E-state index in [4.69, 9.17) is 20.2 Å². The molecule has 13 nitrogen and oxygen atoms in total. The van der Waals surface area contributed by atoms with Crippen LogP contribution in [0.3, 0.4) is 0 Å². The van der Waals surface area contributed by atoms with Crippen molar-refractivity contribution >= 4 is 46.7 Å². The van der Waals surface area contributed by atoms with Gasteiger partial charge in [-0.1, -0.05) is 59.9 Å². The maximum Gasteiger partial charge on any atom is 0.313 e. The van der Waals surface area contributed by atoms with Crippen molar-refractivity contribution in [1.82, 2.24) is 25.4 Å². The Hall–Kier alpha value is -4.04. The molecule has 1 saturated carbocycles. The van der Waals surface area contributed by atoms with E-state index < -0.39 is 29.9 Å². The van der Waals surface area contributed by atoms with Gasteiger partial charge in [-0.25, -0.2) is 4.98 Å². The van der Waals surface area contributed by atoms with E-state index in [2.05, 4.69) is 22.5 Å². The zero-order valence-electron chi connectivity index (χ0n) is 37.2. The molecule has 8 atom stereocenters. The molecule has 0 spiro atoms. The highest BCUT2D eigenvalue weighted by Gasteiger charge is 2.40. The Morgan fingerprint density at radius 1 is 1.03 bits per heavy atom. The number of fused-ring (bicyclic) bond motifs is 1. The molecule has 0 radical (unpaired) electrons. The maximum atomic E-state index is 14.6. The van der Waals surface area contributed by atoms with E-state index in [0.717, 1.165) is 69.0 Å². The van der Waals surface area contributed by atoms with E-state index in [1.54, 1.807) is 10.3 Å². The van der Waals surface area contributed by atoms with Gasteiger partial charge in [0.05, 0.1) is 12.0 Å². The number of nitrogen functional groups attached to an aromatic ring is 1. The van der Waals surface area contributed by atoms with Gasteiger partial charge in [0.1, 0.15) is 22.8 Å². The van der Waals surface area contributed by atoms with Gasteiger partial charge in [-0.15, -0.1) is 11.3 Å². The van der Waals surface area contributed by atoms with Crippen LogP contribution in [-0.4, -0.2) is 94.9 Å². The van der Waals surface area contributed by atoms with Gasteiger partial charge in [-0.3, -0.25) is 28.9 Å². The minimum absolute atomic E-state index is 0.0416. The van der Waals surface area contributed by atoms with Crippen LogP contribution in [0.15, 0.2) is 23.6 Å². The number of esters is 2. The fourth-order valence-electron chi connectivity index (χ4n) is 9.23. The number of rotatable bonds is 16. The largest absolute Gasteiger partial charge is 0.462 e. The topological polar surface area (TPSA) is 173 Å². The summed E-state index contributed by atoms with van der Waals surface area (Å²) in [6.45, 7) is 14.7. The molecule has 4 N–H and O–H groups in total. The SMILES string of the molecule is CC[C@H](C)[C@H](NC(=O)[C@H]1C[C@H](C)CCN1C)C(=O)N(CC)C(C[C@@H](OC(C)=O)c1nc(C(=O)N[C@H]2Cc3ccc(N)cc3[C@H](C(=O)OC3CCCCCC3)C2)cs1)C(C)C. The summed E-state index contributed by atoms with van der Waals surface area (Å²) in [6, 6.07) is 3.83. The number of ether oxygens (including phenoxy) is 2. The van der Waals surface area contributed by atoms with Gasteiger partial charge in [-0.2, -0.15) is 0 Å². The third-order valence-electron chi connectivity index (χ3n) is 13.0. The fourth-order valence-corrected chi connectivity index (χ4v) is 10.1. The number of anilines is 1. The number of hydrogen-bond donors (Lipinski definition) is 3. The van der Waals surface area contributed by atoms with Gasteiger partial charge in [-0.05, 0) is 113 Å². The van der Waals surface area contributed by atoms with Crippen molar-refractivity contribution in [2.75, 3.05) is 25.9 Å². The highest BCUT2D eigenvalue weighted by atomic mass is 32.1. The van der Waals surface area contributed by atoms with Crippen LogP contribution in [0.1, 0.15) is 158 Å². The second-order valence-electron chi connectivity index (χ2n) is 18.0. The van der Waals surface area contributed by atoms with Crippen molar-refractivity contribution < 1.29 is 33.4 Å². The standard InChI is InChI=1S/C46H70N6O7S/c1-9-29(6)41(50-43(55)39-21-28(5)19-20-51(39)8)45(56)52(10-2)38(27(3)4)25-40(58-30(7)53)44-49-37(26-60-44)42(54)48-33-22-31-17-18-32(47)23-35(31)36(24-33)46(57)59-34-15-13-11-12-14-16-34/h17-18,23,26-29,33-34,36,38-41H,9-16,19-22,24-25,47H2,1-8H3,(H,48,54)(H,50,55)/t28-,29+,33+,36-,38?,39-,40-,41+/m1/s1. The van der Waals surface area contributed by atoms with Crippen LogP contribution in [0.4, 0.5) is 5.69 Å². The summed E-state index contributed by atoms with van der Waals surface area (Å²) in [4.78, 5) is 77.0. The number of aromatic nitrogens is 1. The predicted molar refractivity (Wildman–Crippen MR) is 234 cm³/mol. The molecule has 3 aliphatic rings. The summed E-state index contributed by atoms with van der Waals surface area (Å²) in [5.41, 5.74) is 8.72. The third-order valence-corrected chi connectivity index (χ3v) is 14.0. The molecule has 2 aliphatic carbocycles. The second kappa shape index (κ2) is 21.7. The first-order valence-electron chi connectivity index (χ1n) is 22.4. The van der Waals surface area contributed by atoms with Gasteiger partial charge in [0, 0.05) is 43.0 Å². The fraction of sp³-hybridized carbons (Fsp3) is 0.696. The van der Waals surface area contributed by atoms with Crippen molar-refractivity contribution in [1.29, 1.82) is 0 Å². The van der Waals surface area contributed by atoms with Crippen LogP contribution < -0.4 is 16.4 Å². The number of thiazole rings is 1. The number of piperidine rings is 1. The number of nitrogens with one attached hydrogen (secondary N) is 2. The van der Waals surface area contributed by atoms with Gasteiger partial charge >= 0.3 is 11.9 Å². The Morgan fingerprint density at radius 2 is 1.75 bits per heavy atom. The Kier molecular flexibility index (Phi) is 17.0.